The zero-order valence-electron chi connectivity index (χ0n) is 11.9. The third kappa shape index (κ3) is 1.92. The van der Waals surface area contributed by atoms with Crippen LogP contribution in [-0.2, 0) is 6.54 Å². The lowest BCUT2D eigenvalue weighted by molar-refractivity contribution is -0.0131. The third-order valence-corrected chi connectivity index (χ3v) is 6.12. The van der Waals surface area contributed by atoms with Crippen LogP contribution in [-0.4, -0.2) is 16.2 Å². The minimum absolute atomic E-state index is 0.574. The molecule has 0 radical (unpaired) electrons. The van der Waals surface area contributed by atoms with Gasteiger partial charge in [-0.05, 0) is 68.6 Å². The van der Waals surface area contributed by atoms with Gasteiger partial charge in [-0.25, -0.2) is 0 Å². The largest absolute Gasteiger partial charge is 0.339 e. The number of aromatic nitrogens is 2. The van der Waals surface area contributed by atoms with Crippen molar-refractivity contribution < 1.29 is 4.52 Å². The lowest BCUT2D eigenvalue weighted by Crippen LogP contribution is -2.43. The molecule has 108 valence electrons. The zero-order chi connectivity index (χ0) is 13.1. The van der Waals surface area contributed by atoms with Crippen molar-refractivity contribution in [2.24, 2.45) is 23.7 Å². The molecule has 1 heterocycles. The molecule has 0 saturated heterocycles. The molecule has 5 aliphatic carbocycles. The fourth-order valence-corrected chi connectivity index (χ4v) is 5.33. The average molecular weight is 273 g/mol. The smallest absolute Gasteiger partial charge is 0.230 e. The van der Waals surface area contributed by atoms with Crippen LogP contribution in [0.5, 0.6) is 0 Å². The van der Waals surface area contributed by atoms with E-state index in [9.17, 15) is 0 Å². The highest BCUT2D eigenvalue weighted by Gasteiger charge is 2.50. The third-order valence-electron chi connectivity index (χ3n) is 6.12. The molecule has 0 aromatic carbocycles. The van der Waals surface area contributed by atoms with Crippen LogP contribution < -0.4 is 5.32 Å². The first-order chi connectivity index (χ1) is 9.85. The number of hydrogen-bond acceptors (Lipinski definition) is 4. The zero-order valence-corrected chi connectivity index (χ0v) is 11.9. The second kappa shape index (κ2) is 4.30. The van der Waals surface area contributed by atoms with Crippen molar-refractivity contribution in [2.75, 3.05) is 0 Å². The van der Waals surface area contributed by atoms with Crippen LogP contribution in [0.15, 0.2) is 4.52 Å². The Morgan fingerprint density at radius 1 is 1.00 bits per heavy atom. The molecule has 0 unspecified atom stereocenters. The van der Waals surface area contributed by atoms with Gasteiger partial charge in [0.25, 0.3) is 0 Å². The van der Waals surface area contributed by atoms with Crippen LogP contribution in [0.1, 0.15) is 62.6 Å². The topological polar surface area (TPSA) is 51.0 Å². The van der Waals surface area contributed by atoms with Gasteiger partial charge in [0.05, 0.1) is 6.54 Å². The molecule has 5 fully saturated rings. The molecule has 0 spiro atoms. The van der Waals surface area contributed by atoms with Crippen LogP contribution in [0, 0.1) is 23.7 Å². The van der Waals surface area contributed by atoms with E-state index >= 15 is 0 Å². The molecular formula is C16H23N3O. The van der Waals surface area contributed by atoms with Crippen molar-refractivity contribution in [3.63, 3.8) is 0 Å². The van der Waals surface area contributed by atoms with Crippen molar-refractivity contribution in [2.45, 2.75) is 63.5 Å². The molecular weight excluding hydrogens is 250 g/mol. The van der Waals surface area contributed by atoms with Gasteiger partial charge in [-0.3, -0.25) is 0 Å². The van der Waals surface area contributed by atoms with Gasteiger partial charge in [0, 0.05) is 12.0 Å². The predicted molar refractivity (Wildman–Crippen MR) is 73.9 cm³/mol. The van der Waals surface area contributed by atoms with E-state index in [1.54, 1.807) is 0 Å². The molecule has 20 heavy (non-hydrogen) atoms. The summed E-state index contributed by atoms with van der Waals surface area (Å²) in [5.74, 6) is 6.06. The van der Waals surface area contributed by atoms with E-state index in [0.29, 0.717) is 12.0 Å². The van der Waals surface area contributed by atoms with Crippen LogP contribution >= 0.6 is 0 Å². The van der Waals surface area contributed by atoms with Crippen molar-refractivity contribution in [1.82, 2.24) is 15.5 Å². The van der Waals surface area contributed by atoms with Crippen LogP contribution in [0.3, 0.4) is 0 Å². The van der Waals surface area contributed by atoms with Crippen molar-refractivity contribution in [3.8, 4) is 0 Å². The van der Waals surface area contributed by atoms with Gasteiger partial charge in [0.1, 0.15) is 0 Å². The average Bonchev–Trinajstić information content (AvgIpc) is 3.14. The highest BCUT2D eigenvalue weighted by Crippen LogP contribution is 2.59. The summed E-state index contributed by atoms with van der Waals surface area (Å²) in [6.07, 6.45) is 9.76. The van der Waals surface area contributed by atoms with Crippen molar-refractivity contribution in [1.29, 1.82) is 0 Å². The Morgan fingerprint density at radius 3 is 2.35 bits per heavy atom. The fraction of sp³-hybridized carbons (Fsp3) is 0.875. The van der Waals surface area contributed by atoms with Crippen LogP contribution in [0.4, 0.5) is 0 Å². The van der Waals surface area contributed by atoms with E-state index in [-0.39, 0.29) is 0 Å². The minimum atomic E-state index is 0.574. The number of nitrogens with zero attached hydrogens (tertiary/aromatic N) is 2. The van der Waals surface area contributed by atoms with Crippen molar-refractivity contribution in [3.05, 3.63) is 11.7 Å². The molecule has 4 heteroatoms. The summed E-state index contributed by atoms with van der Waals surface area (Å²) < 4.78 is 5.64. The Morgan fingerprint density at radius 2 is 1.70 bits per heavy atom. The Labute approximate surface area is 119 Å². The quantitative estimate of drug-likeness (QED) is 0.916. The summed E-state index contributed by atoms with van der Waals surface area (Å²) in [6, 6.07) is 0.707. The summed E-state index contributed by atoms with van der Waals surface area (Å²) >= 11 is 0. The van der Waals surface area contributed by atoms with E-state index < -0.39 is 0 Å². The molecule has 0 aliphatic heterocycles. The fourth-order valence-electron chi connectivity index (χ4n) is 5.33. The first-order valence-electron chi connectivity index (χ1n) is 8.41. The SMILES string of the molecule is C(NC1CC1)c1noc(C2C3CC4CC(C3)CC2C4)n1. The van der Waals surface area contributed by atoms with E-state index in [2.05, 4.69) is 10.5 Å². The van der Waals surface area contributed by atoms with E-state index in [4.69, 9.17) is 9.51 Å². The molecule has 1 N–H and O–H groups in total. The van der Waals surface area contributed by atoms with Gasteiger partial charge >= 0.3 is 0 Å². The molecule has 4 nitrogen and oxygen atoms in total. The lowest BCUT2D eigenvalue weighted by atomic mass is 9.52. The van der Waals surface area contributed by atoms with Gasteiger partial charge in [-0.1, -0.05) is 5.16 Å². The summed E-state index contributed by atoms with van der Waals surface area (Å²) in [5.41, 5.74) is 0. The molecule has 1 aromatic rings. The van der Waals surface area contributed by atoms with Gasteiger partial charge in [-0.2, -0.15) is 4.98 Å². The highest BCUT2D eigenvalue weighted by molar-refractivity contribution is 5.09. The maximum absolute atomic E-state index is 5.64. The van der Waals surface area contributed by atoms with Gasteiger partial charge in [0.2, 0.25) is 5.89 Å². The Kier molecular flexibility index (Phi) is 2.52. The molecule has 5 aliphatic rings. The molecule has 0 atom stereocenters. The molecule has 6 rings (SSSR count). The Balaban J connectivity index is 1.34. The van der Waals surface area contributed by atoms with Crippen LogP contribution in [0.2, 0.25) is 0 Å². The second-order valence-corrected chi connectivity index (χ2v) is 7.66. The van der Waals surface area contributed by atoms with E-state index in [0.717, 1.165) is 41.9 Å². The molecule has 0 amide bonds. The standard InChI is InChI=1S/C16H23N3O/c1-2-13(1)17-8-14-18-16(20-19-14)15-11-4-9-3-10(6-11)7-12(15)5-9/h9-13,15,17H,1-8H2. The van der Waals surface area contributed by atoms with Gasteiger partial charge < -0.3 is 9.84 Å². The van der Waals surface area contributed by atoms with Gasteiger partial charge in [-0.15, -0.1) is 0 Å². The first kappa shape index (κ1) is 11.7. The summed E-state index contributed by atoms with van der Waals surface area (Å²) in [4.78, 5) is 4.72. The van der Waals surface area contributed by atoms with E-state index in [1.807, 2.05) is 0 Å². The Bertz CT molecular complexity index is 480. The van der Waals surface area contributed by atoms with Gasteiger partial charge in [0.15, 0.2) is 5.82 Å². The number of hydrogen-bond donors (Lipinski definition) is 1. The van der Waals surface area contributed by atoms with Crippen LogP contribution in [0.25, 0.3) is 0 Å². The summed E-state index contributed by atoms with van der Waals surface area (Å²) in [6.45, 7) is 0.779. The minimum Gasteiger partial charge on any atom is -0.339 e. The maximum Gasteiger partial charge on any atom is 0.230 e. The molecule has 4 bridgehead atoms. The second-order valence-electron chi connectivity index (χ2n) is 7.66. The number of rotatable bonds is 4. The summed E-state index contributed by atoms with van der Waals surface area (Å²) in [7, 11) is 0. The molecule has 1 aromatic heterocycles. The lowest BCUT2D eigenvalue weighted by Gasteiger charge is -2.53. The van der Waals surface area contributed by atoms with Crippen molar-refractivity contribution >= 4 is 0 Å². The first-order valence-corrected chi connectivity index (χ1v) is 8.41. The Hall–Kier alpha value is -0.900. The maximum atomic E-state index is 5.64. The predicted octanol–water partition coefficient (Wildman–Crippen LogP) is 2.86. The normalized spacial score (nSPS) is 42.3. The molecule has 5 saturated carbocycles. The highest BCUT2D eigenvalue weighted by atomic mass is 16.5. The monoisotopic (exact) mass is 273 g/mol. The summed E-state index contributed by atoms with van der Waals surface area (Å²) in [5, 5.41) is 7.67. The van der Waals surface area contributed by atoms with E-state index in [1.165, 1.54) is 44.9 Å². The number of nitrogens with one attached hydrogen (secondary N) is 1.